The molecular weight excluding hydrogens is 360 g/mol. The monoisotopic (exact) mass is 388 g/mol. The van der Waals surface area contributed by atoms with Gasteiger partial charge in [0.15, 0.2) is 0 Å². The molecule has 2 fully saturated rings. The van der Waals surface area contributed by atoms with Crippen molar-refractivity contribution in [3.8, 4) is 5.75 Å². The van der Waals surface area contributed by atoms with Crippen LogP contribution in [-0.4, -0.2) is 61.3 Å². The Hall–Kier alpha value is -2.38. The first kappa shape index (κ1) is 20.4. The molecule has 0 radical (unpaired) electrons. The molecule has 1 atom stereocenters. The maximum Gasteiger partial charge on any atom is 0.311 e. The first-order valence-electron chi connectivity index (χ1n) is 9.54. The third kappa shape index (κ3) is 3.91. The minimum Gasteiger partial charge on any atom is -0.497 e. The summed E-state index contributed by atoms with van der Waals surface area (Å²) in [6.07, 6.45) is 3.03. The fourth-order valence-electron chi connectivity index (χ4n) is 4.29. The van der Waals surface area contributed by atoms with Gasteiger partial charge in [0, 0.05) is 26.1 Å². The Labute approximate surface area is 165 Å². The van der Waals surface area contributed by atoms with Gasteiger partial charge in [-0.1, -0.05) is 18.2 Å². The molecule has 2 heterocycles. The lowest BCUT2D eigenvalue weighted by atomic mass is 9.77. The molecule has 2 aliphatic heterocycles. The number of hydrogen-bond donors (Lipinski definition) is 0. The highest BCUT2D eigenvalue weighted by Gasteiger charge is 2.58. The van der Waals surface area contributed by atoms with Crippen LogP contribution in [0.2, 0.25) is 0 Å². The van der Waals surface area contributed by atoms with Crippen LogP contribution in [0.5, 0.6) is 5.75 Å². The van der Waals surface area contributed by atoms with Gasteiger partial charge in [-0.15, -0.1) is 6.58 Å². The summed E-state index contributed by atoms with van der Waals surface area (Å²) >= 11 is 0. The van der Waals surface area contributed by atoms with E-state index in [2.05, 4.69) is 17.5 Å². The van der Waals surface area contributed by atoms with Gasteiger partial charge in [0.1, 0.15) is 5.75 Å². The van der Waals surface area contributed by atoms with E-state index >= 15 is 0 Å². The minimum atomic E-state index is -0.655. The van der Waals surface area contributed by atoms with Crippen molar-refractivity contribution in [2.75, 3.05) is 33.9 Å². The average molecular weight is 388 g/mol. The Kier molecular flexibility index (Phi) is 6.36. The van der Waals surface area contributed by atoms with Crippen LogP contribution in [0.4, 0.5) is 0 Å². The molecule has 1 unspecified atom stereocenters. The molecule has 2 aliphatic rings. The van der Waals surface area contributed by atoms with Crippen molar-refractivity contribution in [1.29, 1.82) is 0 Å². The Morgan fingerprint density at radius 1 is 1.32 bits per heavy atom. The lowest BCUT2D eigenvalue weighted by Gasteiger charge is -2.45. The Balaban J connectivity index is 1.74. The molecule has 1 amide bonds. The predicted octanol–water partition coefficient (Wildman–Crippen LogP) is 2.17. The molecule has 152 valence electrons. The number of piperidine rings is 1. The zero-order valence-electron chi connectivity index (χ0n) is 16.6. The van der Waals surface area contributed by atoms with Gasteiger partial charge in [-0.25, -0.2) is 5.06 Å². The summed E-state index contributed by atoms with van der Waals surface area (Å²) in [6, 6.07) is 8.00. The number of hydroxylamine groups is 2. The lowest BCUT2D eigenvalue weighted by Crippen LogP contribution is -2.57. The summed E-state index contributed by atoms with van der Waals surface area (Å²) in [5.74, 6) is -0.186. The number of carbonyl (C=O) groups is 2. The average Bonchev–Trinajstić information content (AvgIpc) is 2.99. The van der Waals surface area contributed by atoms with Crippen LogP contribution in [-0.2, 0) is 25.7 Å². The quantitative estimate of drug-likeness (QED) is 0.527. The van der Waals surface area contributed by atoms with E-state index in [0.29, 0.717) is 12.8 Å². The molecule has 2 saturated heterocycles. The second kappa shape index (κ2) is 8.75. The summed E-state index contributed by atoms with van der Waals surface area (Å²) in [4.78, 5) is 33.0. The van der Waals surface area contributed by atoms with Gasteiger partial charge in [-0.05, 0) is 30.5 Å². The molecule has 0 saturated carbocycles. The Morgan fingerprint density at radius 2 is 2.07 bits per heavy atom. The molecule has 0 aliphatic carbocycles. The number of hydrogen-bond acceptors (Lipinski definition) is 6. The van der Waals surface area contributed by atoms with Crippen molar-refractivity contribution in [2.45, 2.75) is 31.3 Å². The summed E-state index contributed by atoms with van der Waals surface area (Å²) in [6.45, 7) is 6.18. The van der Waals surface area contributed by atoms with Crippen molar-refractivity contribution in [3.63, 3.8) is 0 Å². The molecule has 0 aromatic heterocycles. The fourth-order valence-corrected chi connectivity index (χ4v) is 4.29. The van der Waals surface area contributed by atoms with Gasteiger partial charge >= 0.3 is 5.97 Å². The first-order valence-corrected chi connectivity index (χ1v) is 9.54. The number of amides is 1. The Morgan fingerprint density at radius 3 is 2.71 bits per heavy atom. The molecule has 7 nitrogen and oxygen atoms in total. The maximum atomic E-state index is 12.6. The molecule has 1 aromatic carbocycles. The molecule has 7 heteroatoms. The number of methoxy groups -OCH3 is 2. The molecule has 1 aromatic rings. The number of ether oxygens (including phenoxy) is 2. The smallest absolute Gasteiger partial charge is 0.311 e. The normalized spacial score (nSPS) is 21.7. The second-order valence-electron chi connectivity index (χ2n) is 7.28. The molecule has 0 N–H and O–H groups in total. The summed E-state index contributed by atoms with van der Waals surface area (Å²) in [5.41, 5.74) is 0.514. The fraction of sp³-hybridized carbons (Fsp3) is 0.524. The van der Waals surface area contributed by atoms with E-state index in [-0.39, 0.29) is 24.9 Å². The minimum absolute atomic E-state index is 0.125. The summed E-state index contributed by atoms with van der Waals surface area (Å²) < 4.78 is 10.3. The van der Waals surface area contributed by atoms with Gasteiger partial charge in [0.2, 0.25) is 5.91 Å². The molecular formula is C21H28N2O5. The lowest BCUT2D eigenvalue weighted by molar-refractivity contribution is -0.218. The van der Waals surface area contributed by atoms with Gasteiger partial charge in [-0.2, -0.15) is 0 Å². The second-order valence-corrected chi connectivity index (χ2v) is 7.28. The number of likely N-dealkylation sites (tertiary alicyclic amines) is 1. The van der Waals surface area contributed by atoms with Crippen molar-refractivity contribution in [1.82, 2.24) is 9.96 Å². The van der Waals surface area contributed by atoms with Crippen LogP contribution in [0.15, 0.2) is 36.9 Å². The first-order chi connectivity index (χ1) is 13.5. The van der Waals surface area contributed by atoms with E-state index in [1.165, 1.54) is 17.7 Å². The van der Waals surface area contributed by atoms with E-state index in [9.17, 15) is 9.59 Å². The SMILES string of the molecule is C=CCON1C(=O)CC(C(=O)OC)C12CCN(Cc1cccc(OC)c1)CC2. The number of benzene rings is 1. The van der Waals surface area contributed by atoms with E-state index in [4.69, 9.17) is 14.3 Å². The topological polar surface area (TPSA) is 68.3 Å². The standard InChI is InChI=1S/C21H28N2O5/c1-4-12-28-23-19(24)14-18(20(25)27-3)21(23)8-10-22(11-9-21)15-16-6-5-7-17(13-16)26-2/h4-7,13,18H,1,8-12,14-15H2,2-3H3. The van der Waals surface area contributed by atoms with Crippen LogP contribution in [0.3, 0.4) is 0 Å². The van der Waals surface area contributed by atoms with Crippen molar-refractivity contribution >= 4 is 11.9 Å². The van der Waals surface area contributed by atoms with Gasteiger partial charge in [0.05, 0.1) is 32.3 Å². The Bertz CT molecular complexity index is 727. The van der Waals surface area contributed by atoms with Crippen LogP contribution in [0.25, 0.3) is 0 Å². The number of carbonyl (C=O) groups excluding carboxylic acids is 2. The van der Waals surface area contributed by atoms with Crippen LogP contribution < -0.4 is 4.74 Å². The highest BCUT2D eigenvalue weighted by molar-refractivity contribution is 5.88. The van der Waals surface area contributed by atoms with E-state index in [1.54, 1.807) is 13.2 Å². The zero-order chi connectivity index (χ0) is 20.1. The molecule has 1 spiro atoms. The van der Waals surface area contributed by atoms with E-state index in [0.717, 1.165) is 25.4 Å². The number of rotatable bonds is 7. The number of nitrogens with zero attached hydrogens (tertiary/aromatic N) is 2. The van der Waals surface area contributed by atoms with E-state index in [1.807, 2.05) is 18.2 Å². The molecule has 3 rings (SSSR count). The summed E-state index contributed by atoms with van der Waals surface area (Å²) in [7, 11) is 3.03. The van der Waals surface area contributed by atoms with Gasteiger partial charge in [-0.3, -0.25) is 19.3 Å². The number of esters is 1. The van der Waals surface area contributed by atoms with Crippen LogP contribution in [0, 0.1) is 5.92 Å². The largest absolute Gasteiger partial charge is 0.497 e. The van der Waals surface area contributed by atoms with Crippen LogP contribution in [0.1, 0.15) is 24.8 Å². The molecule has 0 bridgehead atoms. The highest BCUT2D eigenvalue weighted by atomic mass is 16.7. The van der Waals surface area contributed by atoms with Gasteiger partial charge < -0.3 is 9.47 Å². The molecule has 28 heavy (non-hydrogen) atoms. The third-order valence-corrected chi connectivity index (χ3v) is 5.73. The zero-order valence-corrected chi connectivity index (χ0v) is 16.6. The highest BCUT2D eigenvalue weighted by Crippen LogP contribution is 2.44. The third-order valence-electron chi connectivity index (χ3n) is 5.73. The summed E-state index contributed by atoms with van der Waals surface area (Å²) in [5, 5.41) is 1.43. The van der Waals surface area contributed by atoms with Crippen molar-refractivity contribution < 1.29 is 23.9 Å². The maximum absolute atomic E-state index is 12.6. The van der Waals surface area contributed by atoms with Crippen molar-refractivity contribution in [2.24, 2.45) is 5.92 Å². The van der Waals surface area contributed by atoms with E-state index < -0.39 is 11.5 Å². The predicted molar refractivity (Wildman–Crippen MR) is 103 cm³/mol. The van der Waals surface area contributed by atoms with Crippen LogP contribution >= 0.6 is 0 Å². The van der Waals surface area contributed by atoms with Gasteiger partial charge in [0.25, 0.3) is 0 Å². The van der Waals surface area contributed by atoms with Crippen molar-refractivity contribution in [3.05, 3.63) is 42.5 Å².